The number of Topliss-reactive ketones (excluding diaryl/α,β-unsaturated/α-hetero) is 1. The molecular weight excluding hydrogens is 292 g/mol. The summed E-state index contributed by atoms with van der Waals surface area (Å²) in [5.41, 5.74) is 0.585. The first-order valence-electron chi connectivity index (χ1n) is 6.89. The Morgan fingerprint density at radius 3 is 2.71 bits per heavy atom. The van der Waals surface area contributed by atoms with Gasteiger partial charge in [0.25, 0.3) is 5.91 Å². The van der Waals surface area contributed by atoms with Crippen LogP contribution in [0.5, 0.6) is 5.75 Å². The maximum atomic E-state index is 11.8. The van der Waals surface area contributed by atoms with E-state index in [2.05, 4.69) is 10.6 Å². The van der Waals surface area contributed by atoms with E-state index >= 15 is 0 Å². The first-order valence-corrected chi connectivity index (χ1v) is 6.89. The van der Waals surface area contributed by atoms with Crippen LogP contribution in [0.3, 0.4) is 0 Å². The predicted octanol–water partition coefficient (Wildman–Crippen LogP) is 1.56. The molecular formula is C15H21ClN2O3. The number of ketones is 1. The second-order valence-corrected chi connectivity index (χ2v) is 4.96. The molecule has 2 N–H and O–H groups in total. The zero-order chi connectivity index (χ0) is 14.4. The number of rotatable bonds is 5. The molecule has 1 aromatic carbocycles. The van der Waals surface area contributed by atoms with Crippen molar-refractivity contribution in [3.05, 3.63) is 29.8 Å². The number of carbonyl (C=O) groups is 2. The van der Waals surface area contributed by atoms with Crippen LogP contribution in [-0.2, 0) is 4.79 Å². The van der Waals surface area contributed by atoms with Crippen LogP contribution in [0.15, 0.2) is 24.3 Å². The van der Waals surface area contributed by atoms with Gasteiger partial charge in [-0.05, 0) is 45.0 Å². The Labute approximate surface area is 130 Å². The van der Waals surface area contributed by atoms with Gasteiger partial charge in [0, 0.05) is 11.6 Å². The fourth-order valence-corrected chi connectivity index (χ4v) is 2.19. The summed E-state index contributed by atoms with van der Waals surface area (Å²) >= 11 is 0. The predicted molar refractivity (Wildman–Crippen MR) is 83.2 cm³/mol. The highest BCUT2D eigenvalue weighted by atomic mass is 35.5. The molecule has 0 unspecified atom stereocenters. The SMILES string of the molecule is CC(=O)c1cccc(OCC(=O)NC2CCNCC2)c1.Cl. The van der Waals surface area contributed by atoms with Crippen molar-refractivity contribution >= 4 is 24.1 Å². The second-order valence-electron chi connectivity index (χ2n) is 4.96. The van der Waals surface area contributed by atoms with Crippen LogP contribution in [0.2, 0.25) is 0 Å². The number of ether oxygens (including phenoxy) is 1. The zero-order valence-corrected chi connectivity index (χ0v) is 12.9. The number of piperidine rings is 1. The molecule has 1 aliphatic heterocycles. The zero-order valence-electron chi connectivity index (χ0n) is 12.1. The molecule has 0 atom stereocenters. The van der Waals surface area contributed by atoms with Crippen molar-refractivity contribution in [1.82, 2.24) is 10.6 Å². The van der Waals surface area contributed by atoms with Crippen LogP contribution in [0.1, 0.15) is 30.1 Å². The lowest BCUT2D eigenvalue weighted by molar-refractivity contribution is -0.123. The molecule has 0 radical (unpaired) electrons. The largest absolute Gasteiger partial charge is 0.484 e. The maximum absolute atomic E-state index is 11.8. The van der Waals surface area contributed by atoms with E-state index in [1.807, 2.05) is 0 Å². The fourth-order valence-electron chi connectivity index (χ4n) is 2.19. The molecule has 1 fully saturated rings. The molecule has 2 rings (SSSR count). The Hall–Kier alpha value is -1.59. The number of carbonyl (C=O) groups excluding carboxylic acids is 2. The summed E-state index contributed by atoms with van der Waals surface area (Å²) < 4.78 is 5.42. The Balaban J connectivity index is 0.00000220. The van der Waals surface area contributed by atoms with E-state index in [-0.39, 0.29) is 36.7 Å². The lowest BCUT2D eigenvalue weighted by Crippen LogP contribution is -2.44. The number of hydrogen-bond acceptors (Lipinski definition) is 4. The van der Waals surface area contributed by atoms with Crippen molar-refractivity contribution in [2.24, 2.45) is 0 Å². The topological polar surface area (TPSA) is 67.4 Å². The molecule has 21 heavy (non-hydrogen) atoms. The van der Waals surface area contributed by atoms with Crippen molar-refractivity contribution < 1.29 is 14.3 Å². The van der Waals surface area contributed by atoms with E-state index < -0.39 is 0 Å². The number of benzene rings is 1. The van der Waals surface area contributed by atoms with Gasteiger partial charge >= 0.3 is 0 Å². The first kappa shape index (κ1) is 17.5. The number of nitrogens with one attached hydrogen (secondary N) is 2. The number of hydrogen-bond donors (Lipinski definition) is 2. The van der Waals surface area contributed by atoms with E-state index in [1.165, 1.54) is 6.92 Å². The minimum absolute atomic E-state index is 0. The van der Waals surface area contributed by atoms with Crippen molar-refractivity contribution in [2.45, 2.75) is 25.8 Å². The Bertz CT molecular complexity index is 488. The fraction of sp³-hybridized carbons (Fsp3) is 0.467. The van der Waals surface area contributed by atoms with Crippen LogP contribution in [0.4, 0.5) is 0 Å². The van der Waals surface area contributed by atoms with Gasteiger partial charge in [0.2, 0.25) is 0 Å². The quantitative estimate of drug-likeness (QED) is 0.810. The standard InChI is InChI=1S/C15H20N2O3.ClH/c1-11(18)12-3-2-4-14(9-12)20-10-15(19)17-13-5-7-16-8-6-13;/h2-4,9,13,16H,5-8,10H2,1H3,(H,17,19);1H. The molecule has 1 aromatic rings. The molecule has 0 aromatic heterocycles. The summed E-state index contributed by atoms with van der Waals surface area (Å²) in [4.78, 5) is 23.0. The van der Waals surface area contributed by atoms with Gasteiger partial charge in [0.1, 0.15) is 5.75 Å². The average Bonchev–Trinajstić information content (AvgIpc) is 2.46. The molecule has 116 valence electrons. The summed E-state index contributed by atoms with van der Waals surface area (Å²) in [6, 6.07) is 7.10. The van der Waals surface area contributed by atoms with E-state index in [0.29, 0.717) is 11.3 Å². The van der Waals surface area contributed by atoms with Gasteiger partial charge in [0.05, 0.1) is 0 Å². The molecule has 1 saturated heterocycles. The summed E-state index contributed by atoms with van der Waals surface area (Å²) in [5.74, 6) is 0.401. The summed E-state index contributed by atoms with van der Waals surface area (Å²) in [6.07, 6.45) is 1.90. The highest BCUT2D eigenvalue weighted by Crippen LogP contribution is 2.13. The summed E-state index contributed by atoms with van der Waals surface area (Å²) in [5, 5.41) is 6.20. The summed E-state index contributed by atoms with van der Waals surface area (Å²) in [7, 11) is 0. The molecule has 0 bridgehead atoms. The third kappa shape index (κ3) is 5.73. The van der Waals surface area contributed by atoms with Crippen LogP contribution < -0.4 is 15.4 Å². The smallest absolute Gasteiger partial charge is 0.258 e. The van der Waals surface area contributed by atoms with Crippen molar-refractivity contribution in [1.29, 1.82) is 0 Å². The van der Waals surface area contributed by atoms with E-state index in [4.69, 9.17) is 4.74 Å². The lowest BCUT2D eigenvalue weighted by Gasteiger charge is -2.23. The molecule has 6 heteroatoms. The van der Waals surface area contributed by atoms with E-state index in [9.17, 15) is 9.59 Å². The Morgan fingerprint density at radius 2 is 2.05 bits per heavy atom. The Kier molecular flexibility index (Phi) is 7.19. The monoisotopic (exact) mass is 312 g/mol. The Morgan fingerprint density at radius 1 is 1.33 bits per heavy atom. The molecule has 0 saturated carbocycles. The highest BCUT2D eigenvalue weighted by molar-refractivity contribution is 5.94. The second kappa shape index (κ2) is 8.64. The molecule has 0 aliphatic carbocycles. The first-order chi connectivity index (χ1) is 9.65. The van der Waals surface area contributed by atoms with Crippen molar-refractivity contribution in [2.75, 3.05) is 19.7 Å². The molecule has 1 aliphatic rings. The third-order valence-electron chi connectivity index (χ3n) is 3.31. The molecule has 1 heterocycles. The molecule has 5 nitrogen and oxygen atoms in total. The minimum atomic E-state index is -0.120. The van der Waals surface area contributed by atoms with Crippen molar-refractivity contribution in [3.8, 4) is 5.75 Å². The molecule has 1 amide bonds. The van der Waals surface area contributed by atoms with Crippen molar-refractivity contribution in [3.63, 3.8) is 0 Å². The molecule has 0 spiro atoms. The third-order valence-corrected chi connectivity index (χ3v) is 3.31. The van der Waals surface area contributed by atoms with Gasteiger partial charge in [-0.2, -0.15) is 0 Å². The van der Waals surface area contributed by atoms with Crippen LogP contribution in [0, 0.1) is 0 Å². The van der Waals surface area contributed by atoms with Gasteiger partial charge in [-0.25, -0.2) is 0 Å². The van der Waals surface area contributed by atoms with Gasteiger partial charge in [-0.3, -0.25) is 9.59 Å². The number of halogens is 1. The van der Waals surface area contributed by atoms with E-state index in [0.717, 1.165) is 25.9 Å². The number of amides is 1. The van der Waals surface area contributed by atoms with Crippen LogP contribution >= 0.6 is 12.4 Å². The minimum Gasteiger partial charge on any atom is -0.484 e. The van der Waals surface area contributed by atoms with Gasteiger partial charge in [-0.15, -0.1) is 12.4 Å². The van der Waals surface area contributed by atoms with Crippen LogP contribution in [0.25, 0.3) is 0 Å². The van der Waals surface area contributed by atoms with Gasteiger partial charge in [-0.1, -0.05) is 12.1 Å². The maximum Gasteiger partial charge on any atom is 0.258 e. The van der Waals surface area contributed by atoms with E-state index in [1.54, 1.807) is 24.3 Å². The summed E-state index contributed by atoms with van der Waals surface area (Å²) in [6.45, 7) is 3.35. The van der Waals surface area contributed by atoms with Gasteiger partial charge < -0.3 is 15.4 Å². The average molecular weight is 313 g/mol. The normalized spacial score (nSPS) is 14.9. The highest BCUT2D eigenvalue weighted by Gasteiger charge is 2.15. The lowest BCUT2D eigenvalue weighted by atomic mass is 10.1. The van der Waals surface area contributed by atoms with Crippen LogP contribution in [-0.4, -0.2) is 37.4 Å². The van der Waals surface area contributed by atoms with Gasteiger partial charge in [0.15, 0.2) is 12.4 Å².